The number of hydrogen-bond acceptors (Lipinski definition) is 1. The highest BCUT2D eigenvalue weighted by molar-refractivity contribution is 8.00. The average Bonchev–Trinajstić information content (AvgIpc) is 1.79. The Bertz CT molecular complexity index is 166. The van der Waals surface area contributed by atoms with Crippen molar-refractivity contribution in [3.63, 3.8) is 0 Å². The van der Waals surface area contributed by atoms with Gasteiger partial charge in [0.2, 0.25) is 0 Å². The summed E-state index contributed by atoms with van der Waals surface area (Å²) in [6.45, 7) is 9.16. The van der Waals surface area contributed by atoms with Crippen molar-refractivity contribution >= 4 is 11.8 Å². The molecule has 10 heavy (non-hydrogen) atoms. The Morgan fingerprint density at radius 2 is 1.80 bits per heavy atom. The van der Waals surface area contributed by atoms with Crippen LogP contribution in [0.15, 0.2) is 11.1 Å². The third-order valence-electron chi connectivity index (χ3n) is 2.10. The van der Waals surface area contributed by atoms with Crippen LogP contribution in [0.25, 0.3) is 0 Å². The molecule has 0 aromatic carbocycles. The van der Waals surface area contributed by atoms with Crippen molar-refractivity contribution in [1.29, 1.82) is 0 Å². The number of rotatable bonds is 0. The largest absolute Gasteiger partial charge is 0.151 e. The van der Waals surface area contributed by atoms with Gasteiger partial charge in [-0.2, -0.15) is 11.8 Å². The van der Waals surface area contributed by atoms with Crippen LogP contribution >= 0.6 is 11.8 Å². The van der Waals surface area contributed by atoms with Gasteiger partial charge in [-0.05, 0) is 20.3 Å². The molecule has 1 aliphatic heterocycles. The van der Waals surface area contributed by atoms with Crippen LogP contribution in [0.2, 0.25) is 0 Å². The Morgan fingerprint density at radius 3 is 2.20 bits per heavy atom. The highest BCUT2D eigenvalue weighted by atomic mass is 32.2. The second-order valence-corrected chi connectivity index (χ2v) is 5.47. The van der Waals surface area contributed by atoms with E-state index in [1.165, 1.54) is 12.2 Å². The molecule has 0 unspecified atom stereocenters. The molecule has 0 bridgehead atoms. The van der Waals surface area contributed by atoms with E-state index >= 15 is 0 Å². The van der Waals surface area contributed by atoms with Gasteiger partial charge in [0.1, 0.15) is 0 Å². The molecule has 0 saturated heterocycles. The number of allylic oxidation sites excluding steroid dienone is 1. The lowest BCUT2D eigenvalue weighted by atomic mass is 9.99. The van der Waals surface area contributed by atoms with Crippen molar-refractivity contribution in [2.45, 2.75) is 38.9 Å². The van der Waals surface area contributed by atoms with Gasteiger partial charge in [0.05, 0.1) is 0 Å². The Hall–Kier alpha value is 0.0900. The minimum Gasteiger partial charge on any atom is -0.151 e. The molecule has 0 amide bonds. The maximum Gasteiger partial charge on any atom is 0.0148 e. The SMILES string of the molecule is CC1=C(C)CC(C)(C)SC1. The van der Waals surface area contributed by atoms with E-state index in [2.05, 4.69) is 39.5 Å². The van der Waals surface area contributed by atoms with E-state index in [1.807, 2.05) is 0 Å². The van der Waals surface area contributed by atoms with Crippen LogP contribution in [0.5, 0.6) is 0 Å². The summed E-state index contributed by atoms with van der Waals surface area (Å²) in [5, 5.41) is 0. The van der Waals surface area contributed by atoms with E-state index in [1.54, 1.807) is 11.1 Å². The number of hydrogen-bond donors (Lipinski definition) is 0. The first-order chi connectivity index (χ1) is 4.51. The van der Waals surface area contributed by atoms with E-state index in [-0.39, 0.29) is 0 Å². The molecule has 0 aliphatic carbocycles. The first kappa shape index (κ1) is 8.19. The Morgan fingerprint density at radius 1 is 1.20 bits per heavy atom. The van der Waals surface area contributed by atoms with Crippen molar-refractivity contribution in [3.05, 3.63) is 11.1 Å². The molecule has 1 heterocycles. The maximum atomic E-state index is 2.33. The first-order valence-electron chi connectivity index (χ1n) is 3.80. The van der Waals surface area contributed by atoms with E-state index in [0.29, 0.717) is 4.75 Å². The standard InChI is InChI=1S/C9H16S/c1-7-5-9(3,4)10-6-8(7)2/h5-6H2,1-4H3. The lowest BCUT2D eigenvalue weighted by Crippen LogP contribution is -2.20. The lowest BCUT2D eigenvalue weighted by Gasteiger charge is -2.30. The summed E-state index contributed by atoms with van der Waals surface area (Å²) in [5.41, 5.74) is 3.19. The van der Waals surface area contributed by atoms with Gasteiger partial charge in [-0.1, -0.05) is 25.0 Å². The van der Waals surface area contributed by atoms with Crippen LogP contribution in [-0.4, -0.2) is 10.5 Å². The fourth-order valence-corrected chi connectivity index (χ4v) is 2.44. The summed E-state index contributed by atoms with van der Waals surface area (Å²) >= 11 is 2.07. The summed E-state index contributed by atoms with van der Waals surface area (Å²) in [5.74, 6) is 1.23. The van der Waals surface area contributed by atoms with Gasteiger partial charge in [-0.25, -0.2) is 0 Å². The zero-order chi connectivity index (χ0) is 7.78. The fourth-order valence-electron chi connectivity index (χ4n) is 1.27. The van der Waals surface area contributed by atoms with Gasteiger partial charge in [0.25, 0.3) is 0 Å². The molecule has 0 N–H and O–H groups in total. The van der Waals surface area contributed by atoms with Crippen LogP contribution in [0.1, 0.15) is 34.1 Å². The molecule has 0 aromatic rings. The molecule has 1 aliphatic rings. The van der Waals surface area contributed by atoms with Crippen molar-refractivity contribution in [2.75, 3.05) is 5.75 Å². The van der Waals surface area contributed by atoms with Crippen molar-refractivity contribution in [3.8, 4) is 0 Å². The summed E-state index contributed by atoms with van der Waals surface area (Å²) in [6, 6.07) is 0. The van der Waals surface area contributed by atoms with Crippen LogP contribution in [0.4, 0.5) is 0 Å². The van der Waals surface area contributed by atoms with Crippen LogP contribution in [0, 0.1) is 0 Å². The minimum absolute atomic E-state index is 0.490. The molecule has 58 valence electrons. The van der Waals surface area contributed by atoms with Crippen molar-refractivity contribution < 1.29 is 0 Å². The first-order valence-corrected chi connectivity index (χ1v) is 4.79. The van der Waals surface area contributed by atoms with Gasteiger partial charge in [-0.3, -0.25) is 0 Å². The molecular formula is C9H16S. The van der Waals surface area contributed by atoms with Crippen LogP contribution in [0.3, 0.4) is 0 Å². The zero-order valence-electron chi connectivity index (χ0n) is 7.32. The second-order valence-electron chi connectivity index (χ2n) is 3.79. The Balaban J connectivity index is 2.72. The molecular weight excluding hydrogens is 140 g/mol. The third-order valence-corrected chi connectivity index (χ3v) is 3.60. The third kappa shape index (κ3) is 1.79. The van der Waals surface area contributed by atoms with Gasteiger partial charge < -0.3 is 0 Å². The van der Waals surface area contributed by atoms with Gasteiger partial charge in [0, 0.05) is 10.5 Å². The summed E-state index contributed by atoms with van der Waals surface area (Å²) < 4.78 is 0.490. The molecule has 0 aromatic heterocycles. The topological polar surface area (TPSA) is 0 Å². The predicted molar refractivity (Wildman–Crippen MR) is 49.5 cm³/mol. The smallest absolute Gasteiger partial charge is 0.0148 e. The second kappa shape index (κ2) is 2.61. The highest BCUT2D eigenvalue weighted by Gasteiger charge is 2.23. The molecule has 0 nitrogen and oxygen atoms in total. The minimum atomic E-state index is 0.490. The van der Waals surface area contributed by atoms with Crippen LogP contribution in [-0.2, 0) is 0 Å². The van der Waals surface area contributed by atoms with Gasteiger partial charge in [-0.15, -0.1) is 0 Å². The normalized spacial score (nSPS) is 25.2. The monoisotopic (exact) mass is 156 g/mol. The average molecular weight is 156 g/mol. The summed E-state index contributed by atoms with van der Waals surface area (Å²) in [6.07, 6.45) is 1.27. The van der Waals surface area contributed by atoms with E-state index in [4.69, 9.17) is 0 Å². The predicted octanol–water partition coefficient (Wildman–Crippen LogP) is 3.24. The Kier molecular flexibility index (Phi) is 2.14. The number of thioether (sulfide) groups is 1. The molecule has 1 heteroatoms. The van der Waals surface area contributed by atoms with E-state index in [9.17, 15) is 0 Å². The van der Waals surface area contributed by atoms with Gasteiger partial charge >= 0.3 is 0 Å². The highest BCUT2D eigenvalue weighted by Crippen LogP contribution is 2.37. The summed E-state index contributed by atoms with van der Waals surface area (Å²) in [7, 11) is 0. The van der Waals surface area contributed by atoms with E-state index in [0.717, 1.165) is 0 Å². The fraction of sp³-hybridized carbons (Fsp3) is 0.778. The molecule has 0 atom stereocenters. The van der Waals surface area contributed by atoms with Crippen molar-refractivity contribution in [2.24, 2.45) is 0 Å². The molecule has 1 rings (SSSR count). The Labute approximate surface area is 68.1 Å². The van der Waals surface area contributed by atoms with Crippen molar-refractivity contribution in [1.82, 2.24) is 0 Å². The molecule has 0 spiro atoms. The molecule has 0 radical (unpaired) electrons. The van der Waals surface area contributed by atoms with Crippen LogP contribution < -0.4 is 0 Å². The van der Waals surface area contributed by atoms with Gasteiger partial charge in [0.15, 0.2) is 0 Å². The molecule has 0 saturated carbocycles. The zero-order valence-corrected chi connectivity index (χ0v) is 8.14. The lowest BCUT2D eigenvalue weighted by molar-refractivity contribution is 0.688. The quantitative estimate of drug-likeness (QED) is 0.485. The van der Waals surface area contributed by atoms with E-state index < -0.39 is 0 Å². The molecule has 0 fully saturated rings. The maximum absolute atomic E-state index is 2.33. The summed E-state index contributed by atoms with van der Waals surface area (Å²) in [4.78, 5) is 0.